The van der Waals surface area contributed by atoms with Crippen LogP contribution in [0.4, 0.5) is 11.4 Å². The van der Waals surface area contributed by atoms with Gasteiger partial charge in [-0.3, -0.25) is 14.9 Å². The first-order valence-corrected chi connectivity index (χ1v) is 6.35. The van der Waals surface area contributed by atoms with E-state index in [9.17, 15) is 14.9 Å². The number of nitrogens with zero attached hydrogens (tertiary/aromatic N) is 1. The van der Waals surface area contributed by atoms with Gasteiger partial charge in [-0.15, -0.1) is 0 Å². The van der Waals surface area contributed by atoms with Gasteiger partial charge >= 0.3 is 0 Å². The predicted octanol–water partition coefficient (Wildman–Crippen LogP) is 2.05. The first kappa shape index (κ1) is 12.8. The summed E-state index contributed by atoms with van der Waals surface area (Å²) in [5.74, 6) is -0.0356. The Hall–Kier alpha value is -1.63. The summed E-state index contributed by atoms with van der Waals surface area (Å²) in [6, 6.07) is 4.15. The van der Waals surface area contributed by atoms with Gasteiger partial charge < -0.3 is 10.6 Å². The molecule has 1 fully saturated rings. The van der Waals surface area contributed by atoms with E-state index in [4.69, 9.17) is 0 Å². The third-order valence-corrected chi connectivity index (χ3v) is 3.43. The summed E-state index contributed by atoms with van der Waals surface area (Å²) >= 11 is 3.26. The Morgan fingerprint density at radius 1 is 1.50 bits per heavy atom. The molecule has 6 nitrogen and oxygen atoms in total. The van der Waals surface area contributed by atoms with Gasteiger partial charge in [0, 0.05) is 28.8 Å². The fourth-order valence-electron chi connectivity index (χ4n) is 1.83. The van der Waals surface area contributed by atoms with Gasteiger partial charge in [0.05, 0.1) is 4.92 Å². The fraction of sp³-hybridized carbons (Fsp3) is 0.364. The van der Waals surface area contributed by atoms with Crippen LogP contribution in [0, 0.1) is 10.1 Å². The zero-order valence-corrected chi connectivity index (χ0v) is 11.1. The van der Waals surface area contributed by atoms with Crippen LogP contribution >= 0.6 is 15.9 Å². The van der Waals surface area contributed by atoms with Crippen molar-refractivity contribution in [1.29, 1.82) is 0 Å². The predicted molar refractivity (Wildman–Crippen MR) is 70.5 cm³/mol. The number of piperidine rings is 1. The van der Waals surface area contributed by atoms with Crippen molar-refractivity contribution >= 4 is 33.2 Å². The molecule has 1 aromatic carbocycles. The molecule has 2 rings (SSSR count). The number of rotatable bonds is 3. The van der Waals surface area contributed by atoms with Crippen LogP contribution in [0.15, 0.2) is 22.7 Å². The molecule has 1 aliphatic heterocycles. The average molecular weight is 314 g/mol. The van der Waals surface area contributed by atoms with Gasteiger partial charge in [-0.1, -0.05) is 0 Å². The molecule has 0 aromatic heterocycles. The summed E-state index contributed by atoms with van der Waals surface area (Å²) in [6.07, 6.45) is 1.68. The Balaban J connectivity index is 2.14. The number of nitro benzene ring substituents is 1. The van der Waals surface area contributed by atoms with Crippen molar-refractivity contribution in [3.05, 3.63) is 32.8 Å². The van der Waals surface area contributed by atoms with Crippen LogP contribution in [0.5, 0.6) is 0 Å². The zero-order chi connectivity index (χ0) is 13.1. The van der Waals surface area contributed by atoms with Crippen molar-refractivity contribution in [2.24, 2.45) is 0 Å². The Bertz CT molecular complexity index is 492. The van der Waals surface area contributed by atoms with E-state index in [0.717, 1.165) is 12.8 Å². The minimum atomic E-state index is -0.456. The topological polar surface area (TPSA) is 84.3 Å². The molecule has 1 atom stereocenters. The lowest BCUT2D eigenvalue weighted by Crippen LogP contribution is -2.44. The molecule has 18 heavy (non-hydrogen) atoms. The highest BCUT2D eigenvalue weighted by Gasteiger charge is 2.22. The number of hydrogen-bond donors (Lipinski definition) is 2. The fourth-order valence-corrected chi connectivity index (χ4v) is 2.31. The van der Waals surface area contributed by atoms with Gasteiger partial charge in [0.2, 0.25) is 5.91 Å². The van der Waals surface area contributed by atoms with Gasteiger partial charge in [-0.25, -0.2) is 0 Å². The summed E-state index contributed by atoms with van der Waals surface area (Å²) in [5.41, 5.74) is 0.697. The van der Waals surface area contributed by atoms with Gasteiger partial charge in [0.15, 0.2) is 0 Å². The number of nitro groups is 1. The SMILES string of the molecule is O=C1NCCCC1Nc1ccc([N+](=O)[O-])cc1Br. The van der Waals surface area contributed by atoms with Crippen molar-refractivity contribution < 1.29 is 9.72 Å². The van der Waals surface area contributed by atoms with Gasteiger partial charge in [0.25, 0.3) is 5.69 Å². The molecule has 0 radical (unpaired) electrons. The smallest absolute Gasteiger partial charge is 0.270 e. The lowest BCUT2D eigenvalue weighted by Gasteiger charge is -2.24. The summed E-state index contributed by atoms with van der Waals surface area (Å²) in [6.45, 7) is 0.707. The number of amides is 1. The van der Waals surface area contributed by atoms with Crippen LogP contribution in [0.1, 0.15) is 12.8 Å². The van der Waals surface area contributed by atoms with Crippen molar-refractivity contribution in [2.75, 3.05) is 11.9 Å². The maximum atomic E-state index is 11.6. The monoisotopic (exact) mass is 313 g/mol. The van der Waals surface area contributed by atoms with Crippen molar-refractivity contribution in [2.45, 2.75) is 18.9 Å². The van der Waals surface area contributed by atoms with E-state index in [1.807, 2.05) is 0 Å². The molecule has 7 heteroatoms. The number of anilines is 1. The van der Waals surface area contributed by atoms with Crippen molar-refractivity contribution in [3.8, 4) is 0 Å². The molecule has 96 valence electrons. The molecular weight excluding hydrogens is 302 g/mol. The highest BCUT2D eigenvalue weighted by atomic mass is 79.9. The van der Waals surface area contributed by atoms with E-state index in [-0.39, 0.29) is 17.6 Å². The molecule has 1 saturated heterocycles. The van der Waals surface area contributed by atoms with Crippen LogP contribution in [0.2, 0.25) is 0 Å². The highest BCUT2D eigenvalue weighted by molar-refractivity contribution is 9.10. The number of carbonyl (C=O) groups excluding carboxylic acids is 1. The first-order chi connectivity index (χ1) is 8.58. The number of carbonyl (C=O) groups is 1. The minimum absolute atomic E-state index is 0.0144. The molecule has 0 saturated carbocycles. The molecule has 1 aliphatic rings. The van der Waals surface area contributed by atoms with Crippen LogP contribution in [-0.4, -0.2) is 23.4 Å². The zero-order valence-electron chi connectivity index (χ0n) is 9.48. The molecule has 1 heterocycles. The van der Waals surface area contributed by atoms with Crippen LogP contribution < -0.4 is 10.6 Å². The number of benzene rings is 1. The minimum Gasteiger partial charge on any atom is -0.373 e. The average Bonchev–Trinajstić information content (AvgIpc) is 2.34. The Morgan fingerprint density at radius 3 is 2.89 bits per heavy atom. The van der Waals surface area contributed by atoms with Gasteiger partial charge in [-0.2, -0.15) is 0 Å². The standard InChI is InChI=1S/C11H12BrN3O3/c12-8-6-7(15(17)18)3-4-9(8)14-10-2-1-5-13-11(10)16/h3-4,6,10,14H,1-2,5H2,(H,13,16). The van der Waals surface area contributed by atoms with Crippen LogP contribution in [0.3, 0.4) is 0 Å². The molecule has 1 amide bonds. The van der Waals surface area contributed by atoms with Crippen LogP contribution in [-0.2, 0) is 4.79 Å². The summed E-state index contributed by atoms with van der Waals surface area (Å²) in [5, 5.41) is 16.5. The molecule has 0 spiro atoms. The van der Waals surface area contributed by atoms with E-state index < -0.39 is 4.92 Å². The van der Waals surface area contributed by atoms with E-state index in [2.05, 4.69) is 26.6 Å². The second-order valence-electron chi connectivity index (χ2n) is 4.05. The number of hydrogen-bond acceptors (Lipinski definition) is 4. The lowest BCUT2D eigenvalue weighted by molar-refractivity contribution is -0.384. The molecule has 1 unspecified atom stereocenters. The largest absolute Gasteiger partial charge is 0.373 e. The Labute approximate surface area is 112 Å². The number of halogens is 1. The number of non-ortho nitro benzene ring substituents is 1. The molecule has 0 bridgehead atoms. The third kappa shape index (κ3) is 2.79. The van der Waals surface area contributed by atoms with Gasteiger partial charge in [-0.05, 0) is 34.8 Å². The van der Waals surface area contributed by atoms with Crippen molar-refractivity contribution in [3.63, 3.8) is 0 Å². The Morgan fingerprint density at radius 2 is 2.28 bits per heavy atom. The third-order valence-electron chi connectivity index (χ3n) is 2.78. The molecular formula is C11H12BrN3O3. The summed E-state index contributed by atoms with van der Waals surface area (Å²) in [4.78, 5) is 21.7. The Kier molecular flexibility index (Phi) is 3.81. The van der Waals surface area contributed by atoms with Gasteiger partial charge in [0.1, 0.15) is 6.04 Å². The van der Waals surface area contributed by atoms with Crippen LogP contribution in [0.25, 0.3) is 0 Å². The van der Waals surface area contributed by atoms with E-state index >= 15 is 0 Å². The maximum absolute atomic E-state index is 11.6. The second kappa shape index (κ2) is 5.34. The molecule has 0 aliphatic carbocycles. The molecule has 1 aromatic rings. The highest BCUT2D eigenvalue weighted by Crippen LogP contribution is 2.28. The summed E-state index contributed by atoms with van der Waals surface area (Å²) < 4.78 is 0.579. The van der Waals surface area contributed by atoms with Crippen molar-refractivity contribution in [1.82, 2.24) is 5.32 Å². The lowest BCUT2D eigenvalue weighted by atomic mass is 10.1. The molecule has 2 N–H and O–H groups in total. The number of nitrogens with one attached hydrogen (secondary N) is 2. The second-order valence-corrected chi connectivity index (χ2v) is 4.91. The van der Waals surface area contributed by atoms with E-state index in [0.29, 0.717) is 16.7 Å². The van der Waals surface area contributed by atoms with E-state index in [1.54, 1.807) is 6.07 Å². The maximum Gasteiger partial charge on any atom is 0.270 e. The van der Waals surface area contributed by atoms with E-state index in [1.165, 1.54) is 12.1 Å². The first-order valence-electron chi connectivity index (χ1n) is 5.56. The normalized spacial score (nSPS) is 19.2. The summed E-state index contributed by atoms with van der Waals surface area (Å²) in [7, 11) is 0. The quantitative estimate of drug-likeness (QED) is 0.660.